The normalized spacial score (nSPS) is 15.5. The van der Waals surface area contributed by atoms with E-state index in [0.29, 0.717) is 26.1 Å². The largest absolute Gasteiger partial charge is 0.508 e. The van der Waals surface area contributed by atoms with Crippen LogP contribution in [-0.4, -0.2) is 32.1 Å². The van der Waals surface area contributed by atoms with Gasteiger partial charge in [-0.2, -0.15) is 0 Å². The van der Waals surface area contributed by atoms with Crippen molar-refractivity contribution >= 4 is 62.5 Å². The first kappa shape index (κ1) is 25.2. The van der Waals surface area contributed by atoms with Crippen molar-refractivity contribution in [2.45, 2.75) is 16.1 Å². The van der Waals surface area contributed by atoms with Crippen molar-refractivity contribution in [1.29, 1.82) is 0 Å². The number of amides is 1. The number of aromatic nitrogens is 2. The monoisotopic (exact) mass is 575 g/mol. The number of hydrogen-bond acceptors (Lipinski definition) is 9. The number of hydrogen-bond donors (Lipinski definition) is 2. The van der Waals surface area contributed by atoms with Crippen molar-refractivity contribution in [3.8, 4) is 5.75 Å². The molecule has 1 aliphatic heterocycles. The van der Waals surface area contributed by atoms with Crippen molar-refractivity contribution in [1.82, 2.24) is 10.2 Å². The maximum absolute atomic E-state index is 13.7. The molecule has 1 aliphatic rings. The third-order valence-electron chi connectivity index (χ3n) is 6.19. The summed E-state index contributed by atoms with van der Waals surface area (Å²) in [7, 11) is 0. The molecule has 8 nitrogen and oxygen atoms in total. The Labute approximate surface area is 235 Å². The molecular weight excluding hydrogens is 558 g/mol. The molecule has 2 aromatic heterocycles. The lowest BCUT2D eigenvalue weighted by Crippen LogP contribution is -2.31. The van der Waals surface area contributed by atoms with Crippen molar-refractivity contribution < 1.29 is 24.2 Å². The molecule has 1 atom stereocenters. The average Bonchev–Trinajstić information content (AvgIpc) is 3.64. The lowest BCUT2D eigenvalue weighted by atomic mass is 9.94. The summed E-state index contributed by atoms with van der Waals surface area (Å²) >= 11 is 8.63. The number of benzene rings is 3. The van der Waals surface area contributed by atoms with Gasteiger partial charge in [-0.15, -0.1) is 10.2 Å². The van der Waals surface area contributed by atoms with E-state index in [1.165, 1.54) is 22.7 Å². The summed E-state index contributed by atoms with van der Waals surface area (Å²) in [4.78, 5) is 28.3. The molecule has 0 saturated heterocycles. The molecule has 0 spiro atoms. The number of aromatic hydroxyl groups is 1. The molecule has 3 heterocycles. The predicted molar refractivity (Wildman–Crippen MR) is 149 cm³/mol. The Hall–Kier alpha value is -4.12. The van der Waals surface area contributed by atoms with Crippen LogP contribution in [0.5, 0.6) is 5.75 Å². The van der Waals surface area contributed by atoms with Crippen molar-refractivity contribution in [2.24, 2.45) is 0 Å². The number of thioether (sulfide) groups is 1. The van der Waals surface area contributed by atoms with Gasteiger partial charge in [0.1, 0.15) is 17.4 Å². The van der Waals surface area contributed by atoms with E-state index in [1.54, 1.807) is 48.5 Å². The number of phenolic OH excluding ortho intramolecular Hbond substituents is 1. The first-order valence-electron chi connectivity index (χ1n) is 11.7. The summed E-state index contributed by atoms with van der Waals surface area (Å²) in [5.74, 6) is -1.85. The Morgan fingerprint density at radius 3 is 2.62 bits per heavy atom. The van der Waals surface area contributed by atoms with Crippen LogP contribution in [0.2, 0.25) is 5.02 Å². The van der Waals surface area contributed by atoms with E-state index in [2.05, 4.69) is 10.2 Å². The number of phenols is 1. The van der Waals surface area contributed by atoms with Crippen LogP contribution in [0.15, 0.2) is 99.0 Å². The maximum atomic E-state index is 13.7. The Morgan fingerprint density at radius 1 is 1.03 bits per heavy atom. The number of fused-ring (bicyclic) bond motifs is 1. The molecular formula is C28H18ClN3O5S2. The van der Waals surface area contributed by atoms with Gasteiger partial charge in [-0.1, -0.05) is 83.2 Å². The van der Waals surface area contributed by atoms with Gasteiger partial charge in [0.15, 0.2) is 15.9 Å². The second-order valence-corrected chi connectivity index (χ2v) is 11.3. The fourth-order valence-electron chi connectivity index (χ4n) is 4.40. The molecule has 3 aromatic carbocycles. The quantitative estimate of drug-likeness (QED) is 0.125. The highest BCUT2D eigenvalue weighted by molar-refractivity contribution is 8.00. The van der Waals surface area contributed by atoms with Crippen molar-refractivity contribution in [2.75, 3.05) is 4.90 Å². The molecule has 39 heavy (non-hydrogen) atoms. The van der Waals surface area contributed by atoms with E-state index < -0.39 is 23.5 Å². The van der Waals surface area contributed by atoms with E-state index in [0.717, 1.165) is 16.9 Å². The van der Waals surface area contributed by atoms with Gasteiger partial charge in [-0.05, 0) is 35.9 Å². The second kappa shape index (κ2) is 10.2. The number of aliphatic hydroxyl groups is 1. The third-order valence-corrected chi connectivity index (χ3v) is 8.55. The molecule has 1 amide bonds. The van der Waals surface area contributed by atoms with E-state index in [9.17, 15) is 19.8 Å². The molecule has 0 radical (unpaired) electrons. The van der Waals surface area contributed by atoms with Crippen LogP contribution >= 0.6 is 34.7 Å². The highest BCUT2D eigenvalue weighted by Crippen LogP contribution is 2.46. The number of carbonyl (C=O) groups is 2. The van der Waals surface area contributed by atoms with Crippen LogP contribution in [0.4, 0.5) is 5.13 Å². The molecule has 5 aromatic rings. The number of rotatable bonds is 7. The zero-order chi connectivity index (χ0) is 27.1. The molecule has 0 saturated carbocycles. The van der Waals surface area contributed by atoms with Gasteiger partial charge in [-0.25, -0.2) is 0 Å². The summed E-state index contributed by atoms with van der Waals surface area (Å²) in [6.07, 6.45) is 0. The first-order chi connectivity index (χ1) is 18.9. The molecule has 11 heteroatoms. The molecule has 194 valence electrons. The van der Waals surface area contributed by atoms with E-state index in [-0.39, 0.29) is 27.8 Å². The van der Waals surface area contributed by atoms with E-state index in [4.69, 9.17) is 16.0 Å². The zero-order valence-electron chi connectivity index (χ0n) is 19.9. The van der Waals surface area contributed by atoms with Crippen molar-refractivity contribution in [3.05, 3.63) is 112 Å². The van der Waals surface area contributed by atoms with E-state index in [1.807, 2.05) is 24.3 Å². The minimum absolute atomic E-state index is 0.0390. The number of anilines is 1. The Bertz CT molecular complexity index is 1750. The van der Waals surface area contributed by atoms with Gasteiger partial charge < -0.3 is 14.6 Å². The summed E-state index contributed by atoms with van der Waals surface area (Å²) in [6, 6.07) is 21.3. The number of aliphatic hydroxyl groups excluding tert-OH is 1. The second-order valence-electron chi connectivity index (χ2n) is 8.65. The average molecular weight is 576 g/mol. The molecule has 0 fully saturated rings. The minimum Gasteiger partial charge on any atom is -0.508 e. The predicted octanol–water partition coefficient (Wildman–Crippen LogP) is 6.72. The van der Waals surface area contributed by atoms with E-state index >= 15 is 0 Å². The minimum atomic E-state index is -1.15. The topological polar surface area (TPSA) is 117 Å². The molecule has 6 rings (SSSR count). The summed E-state index contributed by atoms with van der Waals surface area (Å²) in [5.41, 5.74) is 1.51. The lowest BCUT2D eigenvalue weighted by Gasteiger charge is -2.24. The van der Waals surface area contributed by atoms with Crippen LogP contribution in [0.25, 0.3) is 11.0 Å². The summed E-state index contributed by atoms with van der Waals surface area (Å²) < 4.78 is 6.32. The number of Topliss-reactive ketones (excluding diaryl/α,β-unsaturated/α-hetero) is 1. The summed E-state index contributed by atoms with van der Waals surface area (Å²) in [6.45, 7) is 0. The SMILES string of the molecule is O=C(C1=C(O)C(=O)N(c2nnc(SCc3cccc(Cl)c3)s2)C1c1ccccc1O)c1cc2ccccc2o1. The van der Waals surface area contributed by atoms with Gasteiger partial charge in [0, 0.05) is 21.7 Å². The van der Waals surface area contributed by atoms with Gasteiger partial charge in [0.25, 0.3) is 5.91 Å². The third kappa shape index (κ3) is 4.67. The highest BCUT2D eigenvalue weighted by Gasteiger charge is 2.47. The maximum Gasteiger partial charge on any atom is 0.296 e. The lowest BCUT2D eigenvalue weighted by molar-refractivity contribution is -0.117. The van der Waals surface area contributed by atoms with Gasteiger partial charge >= 0.3 is 0 Å². The van der Waals surface area contributed by atoms with Crippen molar-refractivity contribution in [3.63, 3.8) is 0 Å². The first-order valence-corrected chi connectivity index (χ1v) is 13.9. The van der Waals surface area contributed by atoms with Crippen LogP contribution < -0.4 is 4.90 Å². The Kier molecular flexibility index (Phi) is 6.59. The van der Waals surface area contributed by atoms with Crippen LogP contribution in [-0.2, 0) is 10.5 Å². The Morgan fingerprint density at radius 2 is 1.82 bits per heavy atom. The number of carbonyl (C=O) groups excluding carboxylic acids is 2. The standard InChI is InChI=1S/C28H18ClN3O5S2/c29-17-8-5-6-15(12-17)14-38-28-31-30-27(39-28)32-23(18-9-2-3-10-19(18)33)22(25(35)26(32)36)24(34)21-13-16-7-1-4-11-20(16)37-21/h1-13,23,33,35H,14H2. The van der Waals surface area contributed by atoms with Crippen LogP contribution in [0.1, 0.15) is 27.7 Å². The Balaban J connectivity index is 1.37. The van der Waals surface area contributed by atoms with Gasteiger partial charge in [-0.3, -0.25) is 14.5 Å². The number of halogens is 1. The van der Waals surface area contributed by atoms with Gasteiger partial charge in [0.2, 0.25) is 10.9 Å². The fourth-order valence-corrected chi connectivity index (χ4v) is 6.43. The zero-order valence-corrected chi connectivity index (χ0v) is 22.3. The molecule has 2 N–H and O–H groups in total. The number of nitrogens with zero attached hydrogens (tertiary/aromatic N) is 3. The smallest absolute Gasteiger partial charge is 0.296 e. The molecule has 1 unspecified atom stereocenters. The fraction of sp³-hybridized carbons (Fsp3) is 0.0714. The molecule has 0 aliphatic carbocycles. The van der Waals surface area contributed by atoms with Crippen LogP contribution in [0.3, 0.4) is 0 Å². The number of para-hydroxylation sites is 2. The number of furan rings is 1. The molecule has 0 bridgehead atoms. The number of ketones is 1. The highest BCUT2D eigenvalue weighted by atomic mass is 35.5. The van der Waals surface area contributed by atoms with Crippen LogP contribution in [0, 0.1) is 0 Å². The van der Waals surface area contributed by atoms with Gasteiger partial charge in [0.05, 0.1) is 5.57 Å². The summed E-state index contributed by atoms with van der Waals surface area (Å²) in [5, 5.41) is 31.6.